The average molecular weight is 226 g/mol. The number of nitrogens with zero attached hydrogens (tertiary/aromatic N) is 1. The molecule has 0 fully saturated rings. The second-order valence-electron chi connectivity index (χ2n) is 3.75. The molecule has 0 radical (unpaired) electrons. The zero-order chi connectivity index (χ0) is 10.8. The molecule has 2 aromatic rings. The first-order chi connectivity index (χ1) is 7.93. The van der Waals surface area contributed by atoms with Crippen LogP contribution in [0.2, 0.25) is 0 Å². The SMILES string of the molecule is C1=[N+](c2ccccc2)CSc2ccccc21. The maximum Gasteiger partial charge on any atom is 0.205 e. The maximum absolute atomic E-state index is 2.28. The zero-order valence-electron chi connectivity index (χ0n) is 8.84. The van der Waals surface area contributed by atoms with Gasteiger partial charge in [-0.3, -0.25) is 0 Å². The van der Waals surface area contributed by atoms with Gasteiger partial charge in [-0.25, -0.2) is 0 Å². The van der Waals surface area contributed by atoms with Gasteiger partial charge in [0, 0.05) is 17.0 Å². The summed E-state index contributed by atoms with van der Waals surface area (Å²) in [6.07, 6.45) is 2.22. The lowest BCUT2D eigenvalue weighted by Gasteiger charge is -2.10. The minimum atomic E-state index is 0.987. The normalized spacial score (nSPS) is 14.1. The highest BCUT2D eigenvalue weighted by Gasteiger charge is 2.17. The first-order valence-corrected chi connectivity index (χ1v) is 6.30. The Morgan fingerprint density at radius 1 is 0.875 bits per heavy atom. The summed E-state index contributed by atoms with van der Waals surface area (Å²) in [7, 11) is 0. The summed E-state index contributed by atoms with van der Waals surface area (Å²) < 4.78 is 2.28. The van der Waals surface area contributed by atoms with Crippen LogP contribution in [0.15, 0.2) is 59.5 Å². The second-order valence-corrected chi connectivity index (χ2v) is 4.73. The molecular formula is C14H12NS+. The molecule has 2 aromatic carbocycles. The molecule has 0 spiro atoms. The molecule has 1 heterocycles. The van der Waals surface area contributed by atoms with E-state index in [1.165, 1.54) is 16.1 Å². The van der Waals surface area contributed by atoms with Crippen LogP contribution in [-0.4, -0.2) is 16.7 Å². The lowest BCUT2D eigenvalue weighted by atomic mass is 10.2. The van der Waals surface area contributed by atoms with Crippen LogP contribution < -0.4 is 0 Å². The Hall–Kier alpha value is -1.54. The number of benzene rings is 2. The molecule has 0 N–H and O–H groups in total. The van der Waals surface area contributed by atoms with Gasteiger partial charge in [-0.15, -0.1) is 0 Å². The molecule has 0 saturated heterocycles. The van der Waals surface area contributed by atoms with Gasteiger partial charge >= 0.3 is 0 Å². The fourth-order valence-electron chi connectivity index (χ4n) is 1.83. The number of hydrogen-bond acceptors (Lipinski definition) is 1. The minimum absolute atomic E-state index is 0.987. The molecule has 16 heavy (non-hydrogen) atoms. The Morgan fingerprint density at radius 3 is 2.50 bits per heavy atom. The van der Waals surface area contributed by atoms with Crippen LogP contribution in [0, 0.1) is 0 Å². The van der Waals surface area contributed by atoms with Crippen molar-refractivity contribution in [2.24, 2.45) is 0 Å². The lowest BCUT2D eigenvalue weighted by molar-refractivity contribution is -0.411. The lowest BCUT2D eigenvalue weighted by Crippen LogP contribution is -2.12. The van der Waals surface area contributed by atoms with Gasteiger partial charge in [0.1, 0.15) is 0 Å². The van der Waals surface area contributed by atoms with Crippen LogP contribution in [0.5, 0.6) is 0 Å². The first-order valence-electron chi connectivity index (χ1n) is 5.32. The van der Waals surface area contributed by atoms with Crippen molar-refractivity contribution in [3.8, 4) is 0 Å². The van der Waals surface area contributed by atoms with E-state index < -0.39 is 0 Å². The third kappa shape index (κ3) is 1.76. The van der Waals surface area contributed by atoms with Crippen LogP contribution in [0.3, 0.4) is 0 Å². The van der Waals surface area contributed by atoms with E-state index in [2.05, 4.69) is 65.4 Å². The zero-order valence-corrected chi connectivity index (χ0v) is 9.65. The smallest absolute Gasteiger partial charge is 0.188 e. The van der Waals surface area contributed by atoms with Crippen molar-refractivity contribution in [2.45, 2.75) is 4.90 Å². The number of hydrogen-bond donors (Lipinski definition) is 0. The second kappa shape index (κ2) is 4.14. The van der Waals surface area contributed by atoms with E-state index in [1.54, 1.807) is 0 Å². The van der Waals surface area contributed by atoms with E-state index in [0.717, 1.165) is 5.88 Å². The molecule has 0 amide bonds. The highest BCUT2D eigenvalue weighted by Crippen LogP contribution is 2.27. The summed E-state index contributed by atoms with van der Waals surface area (Å²) in [5, 5.41) is 0. The minimum Gasteiger partial charge on any atom is -0.188 e. The number of fused-ring (bicyclic) bond motifs is 1. The molecule has 0 aliphatic carbocycles. The Morgan fingerprint density at radius 2 is 1.62 bits per heavy atom. The van der Waals surface area contributed by atoms with E-state index in [9.17, 15) is 0 Å². The maximum atomic E-state index is 2.28. The van der Waals surface area contributed by atoms with E-state index in [-0.39, 0.29) is 0 Å². The monoisotopic (exact) mass is 226 g/mol. The Balaban J connectivity index is 2.04. The van der Waals surface area contributed by atoms with Crippen LogP contribution in [0.4, 0.5) is 5.69 Å². The Labute approximate surface area is 99.4 Å². The van der Waals surface area contributed by atoms with E-state index in [4.69, 9.17) is 0 Å². The highest BCUT2D eigenvalue weighted by molar-refractivity contribution is 7.99. The van der Waals surface area contributed by atoms with Gasteiger partial charge in [-0.1, -0.05) is 42.1 Å². The van der Waals surface area contributed by atoms with Gasteiger partial charge in [-0.05, 0) is 12.1 Å². The summed E-state index contributed by atoms with van der Waals surface area (Å²) in [6.45, 7) is 0. The molecule has 0 aromatic heterocycles. The van der Waals surface area contributed by atoms with Gasteiger partial charge in [0.25, 0.3) is 0 Å². The summed E-state index contributed by atoms with van der Waals surface area (Å²) >= 11 is 1.89. The molecule has 2 heteroatoms. The predicted molar refractivity (Wildman–Crippen MR) is 68.7 cm³/mol. The summed E-state index contributed by atoms with van der Waals surface area (Å²) in [5.41, 5.74) is 2.56. The number of rotatable bonds is 1. The Kier molecular flexibility index (Phi) is 2.50. The third-order valence-electron chi connectivity index (χ3n) is 2.66. The van der Waals surface area contributed by atoms with E-state index in [0.29, 0.717) is 0 Å². The molecular weight excluding hydrogens is 214 g/mol. The molecule has 1 aliphatic rings. The van der Waals surface area contributed by atoms with Crippen molar-refractivity contribution in [3.63, 3.8) is 0 Å². The molecule has 0 bridgehead atoms. The molecule has 1 nitrogen and oxygen atoms in total. The van der Waals surface area contributed by atoms with Crippen molar-refractivity contribution in [2.75, 3.05) is 5.88 Å². The highest BCUT2D eigenvalue weighted by atomic mass is 32.2. The van der Waals surface area contributed by atoms with E-state index >= 15 is 0 Å². The van der Waals surface area contributed by atoms with Gasteiger partial charge in [-0.2, -0.15) is 4.58 Å². The topological polar surface area (TPSA) is 3.01 Å². The van der Waals surface area contributed by atoms with Crippen molar-refractivity contribution in [3.05, 3.63) is 60.2 Å². The predicted octanol–water partition coefficient (Wildman–Crippen LogP) is 3.51. The summed E-state index contributed by atoms with van der Waals surface area (Å²) in [6, 6.07) is 19.0. The van der Waals surface area contributed by atoms with Crippen LogP contribution in [0.25, 0.3) is 0 Å². The first kappa shape index (κ1) is 9.67. The fraction of sp³-hybridized carbons (Fsp3) is 0.0714. The number of thioether (sulfide) groups is 1. The molecule has 0 atom stereocenters. The molecule has 1 aliphatic heterocycles. The van der Waals surface area contributed by atoms with Crippen LogP contribution in [0.1, 0.15) is 5.56 Å². The van der Waals surface area contributed by atoms with Gasteiger partial charge < -0.3 is 0 Å². The quantitative estimate of drug-likeness (QED) is 0.672. The molecule has 3 rings (SSSR count). The van der Waals surface area contributed by atoms with Crippen molar-refractivity contribution < 1.29 is 4.58 Å². The average Bonchev–Trinajstić information content (AvgIpc) is 2.39. The van der Waals surface area contributed by atoms with Crippen molar-refractivity contribution >= 4 is 23.7 Å². The van der Waals surface area contributed by atoms with Crippen LogP contribution >= 0.6 is 11.8 Å². The molecule has 78 valence electrons. The van der Waals surface area contributed by atoms with Crippen molar-refractivity contribution in [1.29, 1.82) is 0 Å². The number of para-hydroxylation sites is 1. The fourth-order valence-corrected chi connectivity index (χ4v) is 2.80. The molecule has 0 saturated carbocycles. The van der Waals surface area contributed by atoms with Crippen LogP contribution in [-0.2, 0) is 0 Å². The third-order valence-corrected chi connectivity index (χ3v) is 3.75. The standard InChI is InChI=1S/C14H12NS/c1-2-7-13(8-3-1)15-10-12-6-4-5-9-14(12)16-11-15/h1-10H,11H2/q+1. The van der Waals surface area contributed by atoms with Crippen molar-refractivity contribution in [1.82, 2.24) is 0 Å². The van der Waals surface area contributed by atoms with Gasteiger partial charge in [0.05, 0.1) is 5.56 Å². The largest absolute Gasteiger partial charge is 0.205 e. The summed E-state index contributed by atoms with van der Waals surface area (Å²) in [5.74, 6) is 0.987. The molecule has 0 unspecified atom stereocenters. The van der Waals surface area contributed by atoms with Gasteiger partial charge in [0.2, 0.25) is 5.69 Å². The summed E-state index contributed by atoms with van der Waals surface area (Å²) in [4.78, 5) is 1.37. The van der Waals surface area contributed by atoms with E-state index in [1.807, 2.05) is 11.8 Å². The Bertz CT molecular complexity index is 531. The van der Waals surface area contributed by atoms with Gasteiger partial charge in [0.15, 0.2) is 12.1 Å².